The maximum Gasteiger partial charge on any atom is 0.193 e. The van der Waals surface area contributed by atoms with Crippen molar-refractivity contribution in [1.29, 1.82) is 0 Å². The highest BCUT2D eigenvalue weighted by molar-refractivity contribution is 14.0. The molecule has 0 aliphatic carbocycles. The van der Waals surface area contributed by atoms with Gasteiger partial charge >= 0.3 is 0 Å². The Morgan fingerprint density at radius 2 is 1.74 bits per heavy atom. The molecule has 3 N–H and O–H groups in total. The first-order chi connectivity index (χ1) is 12.8. The number of benzene rings is 2. The summed E-state index contributed by atoms with van der Waals surface area (Å²) in [5, 5.41) is 3.11. The van der Waals surface area contributed by atoms with Gasteiger partial charge in [-0.1, -0.05) is 12.1 Å². The molecular formula is C20H24IN3O3. The molecule has 2 aliphatic heterocycles. The van der Waals surface area contributed by atoms with Gasteiger partial charge in [0, 0.05) is 31.1 Å². The minimum Gasteiger partial charge on any atom is -0.493 e. The number of ether oxygens (including phenoxy) is 3. The third-order valence-corrected chi connectivity index (χ3v) is 4.46. The van der Waals surface area contributed by atoms with Crippen LogP contribution in [0.25, 0.3) is 0 Å². The van der Waals surface area contributed by atoms with Crippen molar-refractivity contribution in [2.75, 3.05) is 31.7 Å². The van der Waals surface area contributed by atoms with E-state index in [1.807, 2.05) is 24.3 Å². The predicted octanol–water partition coefficient (Wildman–Crippen LogP) is 3.37. The first-order valence-electron chi connectivity index (χ1n) is 8.99. The zero-order chi connectivity index (χ0) is 17.8. The van der Waals surface area contributed by atoms with E-state index in [-0.39, 0.29) is 24.0 Å². The Labute approximate surface area is 176 Å². The van der Waals surface area contributed by atoms with E-state index in [1.165, 1.54) is 11.1 Å². The molecular weight excluding hydrogens is 457 g/mol. The first kappa shape index (κ1) is 19.6. The van der Waals surface area contributed by atoms with Gasteiger partial charge in [-0.2, -0.15) is 0 Å². The van der Waals surface area contributed by atoms with Crippen LogP contribution >= 0.6 is 24.0 Å². The van der Waals surface area contributed by atoms with Crippen LogP contribution in [-0.4, -0.2) is 32.3 Å². The van der Waals surface area contributed by atoms with Crippen molar-refractivity contribution in [2.24, 2.45) is 10.7 Å². The lowest BCUT2D eigenvalue weighted by molar-refractivity contribution is 0.297. The number of aliphatic imine (C=N–C) groups is 1. The smallest absolute Gasteiger partial charge is 0.193 e. The second kappa shape index (κ2) is 9.16. The predicted molar refractivity (Wildman–Crippen MR) is 117 cm³/mol. The number of hydrogen-bond acceptors (Lipinski definition) is 4. The quantitative estimate of drug-likeness (QED) is 0.398. The average Bonchev–Trinajstić information content (AvgIpc) is 2.98. The number of nitrogens with zero attached hydrogens (tertiary/aromatic N) is 1. The van der Waals surface area contributed by atoms with Crippen molar-refractivity contribution in [1.82, 2.24) is 0 Å². The van der Waals surface area contributed by atoms with Gasteiger partial charge in [0.2, 0.25) is 0 Å². The van der Waals surface area contributed by atoms with Crippen molar-refractivity contribution >= 4 is 35.6 Å². The van der Waals surface area contributed by atoms with Crippen LogP contribution in [-0.2, 0) is 12.8 Å². The fraction of sp³-hybridized carbons (Fsp3) is 0.350. The molecule has 0 bridgehead atoms. The molecule has 0 fully saturated rings. The van der Waals surface area contributed by atoms with Gasteiger partial charge in [-0.25, -0.2) is 0 Å². The van der Waals surface area contributed by atoms with Gasteiger partial charge in [-0.05, 0) is 35.7 Å². The summed E-state index contributed by atoms with van der Waals surface area (Å²) >= 11 is 0. The molecule has 0 unspecified atom stereocenters. The van der Waals surface area contributed by atoms with E-state index in [2.05, 4.69) is 22.4 Å². The molecule has 0 radical (unpaired) electrons. The zero-order valence-electron chi connectivity index (χ0n) is 15.1. The summed E-state index contributed by atoms with van der Waals surface area (Å²) in [5.41, 5.74) is 9.39. The summed E-state index contributed by atoms with van der Waals surface area (Å²) in [5.74, 6) is 2.90. The second-order valence-corrected chi connectivity index (χ2v) is 6.39. The minimum absolute atomic E-state index is 0. The lowest BCUT2D eigenvalue weighted by Crippen LogP contribution is -2.23. The van der Waals surface area contributed by atoms with Gasteiger partial charge in [-0.3, -0.25) is 4.99 Å². The Kier molecular flexibility index (Phi) is 6.65. The Morgan fingerprint density at radius 1 is 0.963 bits per heavy atom. The molecule has 2 aliphatic rings. The summed E-state index contributed by atoms with van der Waals surface area (Å²) in [6.07, 6.45) is 2.72. The zero-order valence-corrected chi connectivity index (χ0v) is 17.4. The van der Waals surface area contributed by atoms with Crippen LogP contribution in [0.1, 0.15) is 17.5 Å². The van der Waals surface area contributed by atoms with Crippen LogP contribution in [0.15, 0.2) is 41.4 Å². The van der Waals surface area contributed by atoms with Gasteiger partial charge < -0.3 is 25.3 Å². The molecule has 2 heterocycles. The lowest BCUT2D eigenvalue weighted by atomic mass is 10.1. The number of hydrogen-bond donors (Lipinski definition) is 2. The molecule has 4 rings (SSSR count). The number of guanidine groups is 1. The van der Waals surface area contributed by atoms with Gasteiger partial charge in [0.1, 0.15) is 5.75 Å². The molecule has 27 heavy (non-hydrogen) atoms. The normalized spacial score (nSPS) is 15.2. The molecule has 2 aromatic rings. The fourth-order valence-electron chi connectivity index (χ4n) is 3.13. The van der Waals surface area contributed by atoms with Gasteiger partial charge in [0.15, 0.2) is 17.5 Å². The van der Waals surface area contributed by atoms with Crippen molar-refractivity contribution < 1.29 is 14.2 Å². The van der Waals surface area contributed by atoms with Crippen molar-refractivity contribution in [2.45, 2.75) is 19.3 Å². The molecule has 0 saturated carbocycles. The van der Waals surface area contributed by atoms with E-state index in [9.17, 15) is 0 Å². The highest BCUT2D eigenvalue weighted by Gasteiger charge is 2.12. The fourth-order valence-corrected chi connectivity index (χ4v) is 3.13. The lowest BCUT2D eigenvalue weighted by Gasteiger charge is -2.10. The molecule has 0 amide bonds. The van der Waals surface area contributed by atoms with Gasteiger partial charge in [0.05, 0.1) is 19.8 Å². The van der Waals surface area contributed by atoms with E-state index in [0.717, 1.165) is 48.8 Å². The van der Waals surface area contributed by atoms with Crippen molar-refractivity contribution in [3.8, 4) is 17.2 Å². The summed E-state index contributed by atoms with van der Waals surface area (Å²) in [6.45, 7) is 2.75. The number of rotatable bonds is 4. The molecule has 144 valence electrons. The van der Waals surface area contributed by atoms with Crippen molar-refractivity contribution in [3.05, 3.63) is 47.5 Å². The Bertz CT molecular complexity index is 826. The van der Waals surface area contributed by atoms with Crippen LogP contribution in [0.3, 0.4) is 0 Å². The maximum absolute atomic E-state index is 6.01. The topological polar surface area (TPSA) is 78.1 Å². The number of fused-ring (bicyclic) bond motifs is 2. The summed E-state index contributed by atoms with van der Waals surface area (Å²) in [7, 11) is 0. The van der Waals surface area contributed by atoms with Gasteiger partial charge in [-0.15, -0.1) is 24.0 Å². The Hall–Kier alpha value is -2.16. The molecule has 0 saturated heterocycles. The standard InChI is InChI=1S/C20H23N3O3.HI/c21-20(22-8-6-14-2-4-17-15(12-14)7-11-26-17)23-16-3-5-18-19(13-16)25-10-1-9-24-18;/h2-5,12-13H,1,6-11H2,(H3,21,22,23);1H. The third-order valence-electron chi connectivity index (χ3n) is 4.46. The van der Waals surface area contributed by atoms with E-state index in [1.54, 1.807) is 0 Å². The first-order valence-corrected chi connectivity index (χ1v) is 8.99. The number of halogens is 1. The van der Waals surface area contributed by atoms with Crippen LogP contribution in [0.5, 0.6) is 17.2 Å². The third kappa shape index (κ3) is 4.97. The highest BCUT2D eigenvalue weighted by Crippen LogP contribution is 2.32. The largest absolute Gasteiger partial charge is 0.493 e. The van der Waals surface area contributed by atoms with Crippen LogP contribution in [0.2, 0.25) is 0 Å². The highest BCUT2D eigenvalue weighted by atomic mass is 127. The summed E-state index contributed by atoms with van der Waals surface area (Å²) in [6, 6.07) is 12.0. The number of nitrogens with two attached hydrogens (primary N) is 1. The van der Waals surface area contributed by atoms with Crippen molar-refractivity contribution in [3.63, 3.8) is 0 Å². The van der Waals surface area contributed by atoms with Gasteiger partial charge in [0.25, 0.3) is 0 Å². The maximum atomic E-state index is 6.01. The number of anilines is 1. The Balaban J connectivity index is 0.00000210. The molecule has 0 aromatic heterocycles. The molecule has 2 aromatic carbocycles. The average molecular weight is 481 g/mol. The van der Waals surface area contributed by atoms with E-state index >= 15 is 0 Å². The molecule has 7 heteroatoms. The summed E-state index contributed by atoms with van der Waals surface area (Å²) in [4.78, 5) is 4.42. The molecule has 0 spiro atoms. The van der Waals surface area contributed by atoms with E-state index in [4.69, 9.17) is 19.9 Å². The summed E-state index contributed by atoms with van der Waals surface area (Å²) < 4.78 is 16.9. The van der Waals surface area contributed by atoms with Crippen LogP contribution < -0.4 is 25.3 Å². The molecule has 0 atom stereocenters. The minimum atomic E-state index is 0. The van der Waals surface area contributed by atoms with E-state index in [0.29, 0.717) is 25.7 Å². The Morgan fingerprint density at radius 3 is 2.63 bits per heavy atom. The SMILES string of the molecule is I.NC(=NCCc1ccc2c(c1)CCO2)Nc1ccc2c(c1)OCCCO2. The number of nitrogens with one attached hydrogen (secondary N) is 1. The van der Waals surface area contributed by atoms with Crippen LogP contribution in [0, 0.1) is 0 Å². The van der Waals surface area contributed by atoms with Crippen LogP contribution in [0.4, 0.5) is 5.69 Å². The monoisotopic (exact) mass is 481 g/mol. The van der Waals surface area contributed by atoms with E-state index < -0.39 is 0 Å². The second-order valence-electron chi connectivity index (χ2n) is 6.39. The molecule has 6 nitrogen and oxygen atoms in total.